The molecule has 5 amide bonds. The van der Waals surface area contributed by atoms with Crippen molar-refractivity contribution in [3.63, 3.8) is 0 Å². The molecular weight excluding hydrogens is 640 g/mol. The lowest BCUT2D eigenvalue weighted by molar-refractivity contribution is -0.141. The SMILES string of the molecule is CCCC(NC(=O)[C@@H]1[C@@H](C)CCN1C[C@@H](NC(=O)OCC(C)C)C1CCCCC1)C(=O)C(=O)NCC(=O)NC(C(=O)N(C)C)c1ccccc1. The second-order valence-electron chi connectivity index (χ2n) is 14.4. The number of nitrogens with one attached hydrogen (secondary N) is 4. The first-order chi connectivity index (χ1) is 23.8. The monoisotopic (exact) mass is 698 g/mol. The lowest BCUT2D eigenvalue weighted by Gasteiger charge is -2.36. The molecule has 278 valence electrons. The van der Waals surface area contributed by atoms with E-state index >= 15 is 0 Å². The number of carbonyl (C=O) groups excluding carboxylic acids is 6. The number of rotatable bonds is 17. The zero-order valence-electron chi connectivity index (χ0n) is 30.7. The molecule has 1 saturated heterocycles. The highest BCUT2D eigenvalue weighted by Gasteiger charge is 2.41. The van der Waals surface area contributed by atoms with Gasteiger partial charge in [-0.2, -0.15) is 0 Å². The van der Waals surface area contributed by atoms with Gasteiger partial charge in [0, 0.05) is 26.7 Å². The molecule has 4 N–H and O–H groups in total. The molecule has 2 aliphatic rings. The van der Waals surface area contributed by atoms with Crippen molar-refractivity contribution in [2.45, 2.75) is 103 Å². The molecule has 0 aromatic heterocycles. The van der Waals surface area contributed by atoms with E-state index in [1.807, 2.05) is 27.7 Å². The van der Waals surface area contributed by atoms with Gasteiger partial charge in [0.25, 0.3) is 5.91 Å². The van der Waals surface area contributed by atoms with Gasteiger partial charge >= 0.3 is 6.09 Å². The summed E-state index contributed by atoms with van der Waals surface area (Å²) in [7, 11) is 3.16. The van der Waals surface area contributed by atoms with Crippen LogP contribution in [-0.2, 0) is 28.7 Å². The molecule has 13 heteroatoms. The van der Waals surface area contributed by atoms with Gasteiger partial charge in [-0.1, -0.05) is 83.7 Å². The highest BCUT2D eigenvalue weighted by atomic mass is 16.5. The van der Waals surface area contributed by atoms with Crippen molar-refractivity contribution in [2.24, 2.45) is 17.8 Å². The summed E-state index contributed by atoms with van der Waals surface area (Å²) in [6.45, 7) is 8.75. The summed E-state index contributed by atoms with van der Waals surface area (Å²) >= 11 is 0. The predicted octanol–water partition coefficient (Wildman–Crippen LogP) is 2.94. The minimum atomic E-state index is -1.07. The first-order valence-corrected chi connectivity index (χ1v) is 18.2. The molecule has 1 aromatic rings. The Morgan fingerprint density at radius 1 is 0.940 bits per heavy atom. The van der Waals surface area contributed by atoms with Gasteiger partial charge in [-0.05, 0) is 55.5 Å². The van der Waals surface area contributed by atoms with Crippen molar-refractivity contribution in [3.05, 3.63) is 35.9 Å². The Hall–Kier alpha value is -4.00. The van der Waals surface area contributed by atoms with Crippen LogP contribution in [0.1, 0.15) is 90.7 Å². The van der Waals surface area contributed by atoms with Crippen LogP contribution in [0.3, 0.4) is 0 Å². The Kier molecular flexibility index (Phi) is 16.2. The third-order valence-corrected chi connectivity index (χ3v) is 9.54. The number of Topliss-reactive ketones (excluding diaryl/α,β-unsaturated/α-hetero) is 1. The Morgan fingerprint density at radius 3 is 2.24 bits per heavy atom. The van der Waals surface area contributed by atoms with Crippen LogP contribution in [-0.4, -0.2) is 104 Å². The average molecular weight is 699 g/mol. The van der Waals surface area contributed by atoms with Crippen LogP contribution < -0.4 is 21.3 Å². The molecule has 5 atom stereocenters. The first-order valence-electron chi connectivity index (χ1n) is 18.2. The highest BCUT2D eigenvalue weighted by Crippen LogP contribution is 2.30. The maximum atomic E-state index is 13.8. The minimum absolute atomic E-state index is 0.00719. The van der Waals surface area contributed by atoms with Gasteiger partial charge in [0.2, 0.25) is 23.5 Å². The number of alkyl carbamates (subject to hydrolysis) is 1. The van der Waals surface area contributed by atoms with Gasteiger partial charge in [-0.15, -0.1) is 0 Å². The second-order valence-corrected chi connectivity index (χ2v) is 14.4. The quantitative estimate of drug-likeness (QED) is 0.180. The number of ketones is 1. The van der Waals surface area contributed by atoms with E-state index in [0.717, 1.165) is 32.1 Å². The van der Waals surface area contributed by atoms with E-state index in [2.05, 4.69) is 26.2 Å². The topological polar surface area (TPSA) is 166 Å². The smallest absolute Gasteiger partial charge is 0.407 e. The van der Waals surface area contributed by atoms with Crippen molar-refractivity contribution in [1.29, 1.82) is 0 Å². The lowest BCUT2D eigenvalue weighted by Crippen LogP contribution is -2.56. The van der Waals surface area contributed by atoms with Crippen LogP contribution in [0.15, 0.2) is 30.3 Å². The van der Waals surface area contributed by atoms with Crippen molar-refractivity contribution in [2.75, 3.05) is 40.3 Å². The fourth-order valence-corrected chi connectivity index (χ4v) is 6.82. The van der Waals surface area contributed by atoms with Crippen molar-refractivity contribution < 1.29 is 33.5 Å². The number of amides is 5. The predicted molar refractivity (Wildman–Crippen MR) is 190 cm³/mol. The number of likely N-dealkylation sites (N-methyl/N-ethyl adjacent to an activating group) is 1. The third-order valence-electron chi connectivity index (χ3n) is 9.54. The Balaban J connectivity index is 1.64. The van der Waals surface area contributed by atoms with Crippen molar-refractivity contribution in [3.8, 4) is 0 Å². The summed E-state index contributed by atoms with van der Waals surface area (Å²) in [6, 6.07) is 5.97. The van der Waals surface area contributed by atoms with E-state index in [1.54, 1.807) is 44.4 Å². The number of likely N-dealkylation sites (tertiary alicyclic amines) is 1. The molecule has 0 radical (unpaired) electrons. The molecule has 50 heavy (non-hydrogen) atoms. The number of nitrogens with zero attached hydrogens (tertiary/aromatic N) is 2. The summed E-state index contributed by atoms with van der Waals surface area (Å²) in [4.78, 5) is 81.9. The van der Waals surface area contributed by atoms with Crippen LogP contribution in [0.25, 0.3) is 0 Å². The maximum Gasteiger partial charge on any atom is 0.407 e. The van der Waals surface area contributed by atoms with Crippen LogP contribution in [0.2, 0.25) is 0 Å². The number of ether oxygens (including phenoxy) is 1. The molecule has 1 saturated carbocycles. The van der Waals surface area contributed by atoms with Gasteiger partial charge in [-0.25, -0.2) is 4.79 Å². The fraction of sp³-hybridized carbons (Fsp3) is 0.676. The second kappa shape index (κ2) is 20.0. The molecule has 2 unspecified atom stereocenters. The van der Waals surface area contributed by atoms with Gasteiger partial charge < -0.3 is 30.9 Å². The summed E-state index contributed by atoms with van der Waals surface area (Å²) in [5.74, 6) is -2.69. The standard InChI is InChI=1S/C37H58N6O7/c1-7-14-28(33(45)35(47)38-21-30(44)41-31(36(48)42(5)6)27-17-12-9-13-18-27)39-34(46)32-25(4)19-20-43(32)22-29(26-15-10-8-11-16-26)40-37(49)50-23-24(2)3/h9,12-13,17-18,24-26,28-29,31-32H,7-8,10-11,14-16,19-23H2,1-6H3,(H,38,47)(H,39,46)(H,40,49)(H,41,44)/t25-,28?,29+,31?,32-/m0/s1. The Bertz CT molecular complexity index is 1300. The van der Waals surface area contributed by atoms with E-state index in [0.29, 0.717) is 31.7 Å². The molecular formula is C37H58N6O7. The summed E-state index contributed by atoms with van der Waals surface area (Å²) in [5, 5.41) is 10.9. The number of hydrogen-bond donors (Lipinski definition) is 4. The normalized spacial score (nSPS) is 19.9. The molecule has 0 spiro atoms. The summed E-state index contributed by atoms with van der Waals surface area (Å²) < 4.78 is 5.44. The van der Waals surface area contributed by atoms with Crippen molar-refractivity contribution in [1.82, 2.24) is 31.1 Å². The largest absolute Gasteiger partial charge is 0.449 e. The van der Waals surface area contributed by atoms with Crippen LogP contribution in [0.4, 0.5) is 4.79 Å². The van der Waals surface area contributed by atoms with Gasteiger partial charge in [0.05, 0.1) is 25.2 Å². The third kappa shape index (κ3) is 12.1. The zero-order valence-corrected chi connectivity index (χ0v) is 30.7. The molecule has 1 aliphatic carbocycles. The van der Waals surface area contributed by atoms with E-state index in [9.17, 15) is 28.8 Å². The fourth-order valence-electron chi connectivity index (χ4n) is 6.82. The molecule has 2 fully saturated rings. The van der Waals surface area contributed by atoms with Gasteiger partial charge in [0.15, 0.2) is 0 Å². The van der Waals surface area contributed by atoms with Gasteiger partial charge in [-0.3, -0.25) is 28.9 Å². The van der Waals surface area contributed by atoms with Crippen LogP contribution in [0.5, 0.6) is 0 Å². The molecule has 1 aliphatic heterocycles. The molecule has 1 heterocycles. The van der Waals surface area contributed by atoms with E-state index in [4.69, 9.17) is 4.74 Å². The Morgan fingerprint density at radius 2 is 1.62 bits per heavy atom. The Labute approximate surface area is 297 Å². The van der Waals surface area contributed by atoms with E-state index < -0.39 is 48.4 Å². The molecule has 0 bridgehead atoms. The molecule has 13 nitrogen and oxygen atoms in total. The zero-order chi connectivity index (χ0) is 36.8. The number of hydrogen-bond acceptors (Lipinski definition) is 8. The van der Waals surface area contributed by atoms with E-state index in [-0.39, 0.29) is 42.0 Å². The van der Waals surface area contributed by atoms with Gasteiger partial charge in [0.1, 0.15) is 6.04 Å². The first kappa shape index (κ1) is 40.4. The lowest BCUT2D eigenvalue weighted by atomic mass is 9.83. The highest BCUT2D eigenvalue weighted by molar-refractivity contribution is 6.38. The molecule has 1 aromatic carbocycles. The number of carbonyl (C=O) groups is 6. The van der Waals surface area contributed by atoms with Crippen molar-refractivity contribution >= 4 is 35.5 Å². The minimum Gasteiger partial charge on any atom is -0.449 e. The van der Waals surface area contributed by atoms with Crippen LogP contribution in [0, 0.1) is 17.8 Å². The van der Waals surface area contributed by atoms with E-state index in [1.165, 1.54) is 11.3 Å². The summed E-state index contributed by atoms with van der Waals surface area (Å²) in [5.41, 5.74) is 0.578. The molecule has 3 rings (SSSR count). The maximum absolute atomic E-state index is 13.8. The average Bonchev–Trinajstić information content (AvgIpc) is 3.47. The summed E-state index contributed by atoms with van der Waals surface area (Å²) in [6.07, 6.45) is 6.45. The number of benzene rings is 1. The van der Waals surface area contributed by atoms with Crippen LogP contribution >= 0.6 is 0 Å².